The molecule has 122 valence electrons. The molecule has 0 radical (unpaired) electrons. The summed E-state index contributed by atoms with van der Waals surface area (Å²) < 4.78 is 4.32. The number of H-pyrrole nitrogens is 2. The van der Waals surface area contributed by atoms with Gasteiger partial charge in [0.05, 0.1) is 7.11 Å². The number of hydrogen-bond donors (Lipinski definition) is 6. The lowest BCUT2D eigenvalue weighted by Crippen LogP contribution is -2.19. The summed E-state index contributed by atoms with van der Waals surface area (Å²) in [7, 11) is 4.25. The van der Waals surface area contributed by atoms with Crippen LogP contribution in [0, 0.1) is 0 Å². The van der Waals surface area contributed by atoms with Crippen molar-refractivity contribution in [2.75, 3.05) is 32.7 Å². The second-order valence-corrected chi connectivity index (χ2v) is 3.16. The minimum Gasteiger partial charge on any atom is -0.463 e. The van der Waals surface area contributed by atoms with Crippen LogP contribution in [0.2, 0.25) is 0 Å². The lowest BCUT2D eigenvalue weighted by molar-refractivity contribution is 0.0587. The molecule has 0 bridgehead atoms. The summed E-state index contributed by atoms with van der Waals surface area (Å²) in [5.74, 6) is -0.674. The third kappa shape index (κ3) is 5.83. The number of rotatable bonds is 2. The third-order valence-electron chi connectivity index (χ3n) is 1.83. The quantitative estimate of drug-likeness (QED) is 0.320. The Bertz CT molecular complexity index is 540. The summed E-state index contributed by atoms with van der Waals surface area (Å²) in [6.07, 6.45) is 0. The molecule has 9 N–H and O–H groups in total. The Labute approximate surface area is 125 Å². The fourth-order valence-corrected chi connectivity index (χ4v) is 0.957. The number of ether oxygens (including phenoxy) is 1. The van der Waals surface area contributed by atoms with Gasteiger partial charge in [0.1, 0.15) is 0 Å². The molecule has 2 heterocycles. The summed E-state index contributed by atoms with van der Waals surface area (Å²) in [4.78, 5) is 28.4. The van der Waals surface area contributed by atoms with Crippen molar-refractivity contribution in [1.82, 2.24) is 35.7 Å². The van der Waals surface area contributed by atoms with E-state index >= 15 is 0 Å². The zero-order valence-corrected chi connectivity index (χ0v) is 12.2. The third-order valence-corrected chi connectivity index (χ3v) is 1.83. The van der Waals surface area contributed by atoms with E-state index in [1.807, 2.05) is 0 Å². The van der Waals surface area contributed by atoms with Crippen LogP contribution >= 0.6 is 0 Å². The molecule has 0 fully saturated rings. The largest absolute Gasteiger partial charge is 0.463 e. The maximum atomic E-state index is 10.7. The topological polar surface area (TPSA) is 217 Å². The predicted molar refractivity (Wildman–Crippen MR) is 76.4 cm³/mol. The molecule has 2 aromatic rings. The maximum absolute atomic E-state index is 10.7. The number of nitrogens with two attached hydrogens (primary N) is 3. The minimum atomic E-state index is -0.579. The normalized spacial score (nSPS) is 8.73. The Morgan fingerprint density at radius 1 is 1.05 bits per heavy atom. The SMILES string of the molecule is CN.CNC(=O)c1nc(N)n[nH]1.COC(=O)c1nc(N)n[nH]1. The highest BCUT2D eigenvalue weighted by molar-refractivity contribution is 5.90. The van der Waals surface area contributed by atoms with E-state index in [2.05, 4.69) is 46.2 Å². The van der Waals surface area contributed by atoms with Gasteiger partial charge in [-0.05, 0) is 7.05 Å². The average molecular weight is 314 g/mol. The molecule has 0 saturated heterocycles. The molecule has 22 heavy (non-hydrogen) atoms. The highest BCUT2D eigenvalue weighted by Gasteiger charge is 2.09. The predicted octanol–water partition coefficient (Wildman–Crippen LogP) is -2.51. The molecule has 13 nitrogen and oxygen atoms in total. The fourth-order valence-electron chi connectivity index (χ4n) is 0.957. The van der Waals surface area contributed by atoms with Crippen LogP contribution in [0.15, 0.2) is 0 Å². The van der Waals surface area contributed by atoms with E-state index in [0.717, 1.165) is 0 Å². The molecule has 0 spiro atoms. The van der Waals surface area contributed by atoms with Crippen LogP contribution in [-0.4, -0.2) is 63.4 Å². The molecule has 0 aliphatic rings. The van der Waals surface area contributed by atoms with Crippen molar-refractivity contribution in [3.8, 4) is 0 Å². The molecule has 13 heteroatoms. The number of carbonyl (C=O) groups excluding carboxylic acids is 2. The smallest absolute Gasteiger partial charge is 0.375 e. The van der Waals surface area contributed by atoms with E-state index in [0.29, 0.717) is 0 Å². The van der Waals surface area contributed by atoms with Gasteiger partial charge in [0, 0.05) is 7.05 Å². The van der Waals surface area contributed by atoms with Crippen LogP contribution in [0.1, 0.15) is 21.2 Å². The molecule has 0 unspecified atom stereocenters. The van der Waals surface area contributed by atoms with Gasteiger partial charge in [0.2, 0.25) is 23.5 Å². The first-order chi connectivity index (χ1) is 10.5. The zero-order chi connectivity index (χ0) is 17.1. The van der Waals surface area contributed by atoms with E-state index in [4.69, 9.17) is 11.5 Å². The summed E-state index contributed by atoms with van der Waals surface area (Å²) in [6, 6.07) is 0. The van der Waals surface area contributed by atoms with Crippen LogP contribution in [0.25, 0.3) is 0 Å². The van der Waals surface area contributed by atoms with E-state index < -0.39 is 5.97 Å². The van der Waals surface area contributed by atoms with Crippen molar-refractivity contribution in [3.63, 3.8) is 0 Å². The highest BCUT2D eigenvalue weighted by atomic mass is 16.5. The Kier molecular flexibility index (Phi) is 8.24. The number of aromatic nitrogens is 6. The molecule has 0 atom stereocenters. The number of esters is 1. The number of amides is 1. The van der Waals surface area contributed by atoms with Crippen molar-refractivity contribution < 1.29 is 14.3 Å². The first-order valence-corrected chi connectivity index (χ1v) is 5.71. The van der Waals surface area contributed by atoms with Crippen molar-refractivity contribution in [2.45, 2.75) is 0 Å². The van der Waals surface area contributed by atoms with Gasteiger partial charge in [0.15, 0.2) is 0 Å². The van der Waals surface area contributed by atoms with Gasteiger partial charge in [-0.3, -0.25) is 15.0 Å². The van der Waals surface area contributed by atoms with E-state index in [1.54, 1.807) is 0 Å². The Morgan fingerprint density at radius 2 is 1.50 bits per heavy atom. The van der Waals surface area contributed by atoms with E-state index in [-0.39, 0.29) is 29.5 Å². The second-order valence-electron chi connectivity index (χ2n) is 3.16. The van der Waals surface area contributed by atoms with Crippen molar-refractivity contribution in [2.24, 2.45) is 5.73 Å². The standard InChI is InChI=1S/C4H7N5O.C4H6N4O2.CH5N/c1-6-3(10)2-7-4(5)9-8-2;1-10-3(9)2-6-4(5)8-7-2;1-2/h1H3,(H,6,10)(H3,5,7,8,9);1H3,(H3,5,6,7,8);2H2,1H3. The van der Waals surface area contributed by atoms with Gasteiger partial charge in [0.25, 0.3) is 5.91 Å². The number of carbonyl (C=O) groups is 2. The molecule has 1 amide bonds. The van der Waals surface area contributed by atoms with Crippen LogP contribution < -0.4 is 22.5 Å². The van der Waals surface area contributed by atoms with Gasteiger partial charge in [-0.15, -0.1) is 10.2 Å². The number of nitrogen functional groups attached to an aromatic ring is 2. The van der Waals surface area contributed by atoms with E-state index in [1.165, 1.54) is 21.2 Å². The zero-order valence-electron chi connectivity index (χ0n) is 12.2. The summed E-state index contributed by atoms with van der Waals surface area (Å²) >= 11 is 0. The lowest BCUT2D eigenvalue weighted by Gasteiger charge is -1.89. The lowest BCUT2D eigenvalue weighted by atomic mass is 10.6. The molecular weight excluding hydrogens is 296 g/mol. The summed E-state index contributed by atoms with van der Waals surface area (Å²) in [5, 5.41) is 13.9. The van der Waals surface area contributed by atoms with Gasteiger partial charge < -0.3 is 27.3 Å². The Hall–Kier alpha value is -3.22. The molecule has 0 aliphatic carbocycles. The van der Waals surface area contributed by atoms with Gasteiger partial charge in [-0.2, -0.15) is 9.97 Å². The van der Waals surface area contributed by atoms with Crippen LogP contribution in [0.4, 0.5) is 11.9 Å². The van der Waals surface area contributed by atoms with Crippen molar-refractivity contribution in [3.05, 3.63) is 11.6 Å². The molecule has 2 aromatic heterocycles. The minimum absolute atomic E-state index is 0.0139. The van der Waals surface area contributed by atoms with Crippen LogP contribution in [-0.2, 0) is 4.74 Å². The number of aromatic amines is 2. The Balaban J connectivity index is 0.000000360. The van der Waals surface area contributed by atoms with Gasteiger partial charge >= 0.3 is 5.97 Å². The van der Waals surface area contributed by atoms with Crippen molar-refractivity contribution >= 4 is 23.8 Å². The monoisotopic (exact) mass is 314 g/mol. The Morgan fingerprint density at radius 3 is 1.82 bits per heavy atom. The number of anilines is 2. The summed E-state index contributed by atoms with van der Waals surface area (Å²) in [5.41, 5.74) is 14.7. The van der Waals surface area contributed by atoms with Crippen molar-refractivity contribution in [1.29, 1.82) is 0 Å². The molecule has 0 aromatic carbocycles. The molecular formula is C9H18N10O3. The second kappa shape index (κ2) is 9.65. The maximum Gasteiger partial charge on any atom is 0.375 e. The highest BCUT2D eigenvalue weighted by Crippen LogP contribution is 1.93. The van der Waals surface area contributed by atoms with Crippen LogP contribution in [0.3, 0.4) is 0 Å². The number of methoxy groups -OCH3 is 1. The first-order valence-electron chi connectivity index (χ1n) is 5.71. The molecule has 0 saturated carbocycles. The first kappa shape index (κ1) is 18.8. The van der Waals surface area contributed by atoms with Gasteiger partial charge in [-0.25, -0.2) is 4.79 Å². The molecule has 0 aliphatic heterocycles. The number of nitrogens with one attached hydrogen (secondary N) is 3. The number of nitrogens with zero attached hydrogens (tertiary/aromatic N) is 4. The van der Waals surface area contributed by atoms with E-state index in [9.17, 15) is 9.59 Å². The summed E-state index contributed by atoms with van der Waals surface area (Å²) in [6.45, 7) is 0. The number of hydrogen-bond acceptors (Lipinski definition) is 10. The average Bonchev–Trinajstić information content (AvgIpc) is 3.17. The molecule has 2 rings (SSSR count). The fraction of sp³-hybridized carbons (Fsp3) is 0.333. The van der Waals surface area contributed by atoms with Gasteiger partial charge in [-0.1, -0.05) is 0 Å². The van der Waals surface area contributed by atoms with Crippen LogP contribution in [0.5, 0.6) is 0 Å².